The maximum Gasteiger partial charge on any atom is 0.0940 e. The maximum absolute atomic E-state index is 5.22. The van der Waals surface area contributed by atoms with Crippen LogP contribution in [-0.4, -0.2) is 62.9 Å². The molecule has 1 saturated heterocycles. The largest absolute Gasteiger partial charge is 0.365 e. The summed E-state index contributed by atoms with van der Waals surface area (Å²) in [6.45, 7) is 10.8. The van der Waals surface area contributed by atoms with Crippen LogP contribution in [0.2, 0.25) is 0 Å². The van der Waals surface area contributed by atoms with E-state index in [0.717, 1.165) is 26.2 Å². The molecule has 0 atom stereocenters. The molecule has 14 heavy (non-hydrogen) atoms. The minimum absolute atomic E-state index is 0.341. The van der Waals surface area contributed by atoms with Crippen molar-refractivity contribution in [1.29, 1.82) is 0 Å². The molecule has 1 aliphatic heterocycles. The Hall–Kier alpha value is -0.160. The fraction of sp³-hybridized carbons (Fsp3) is 1.00. The third kappa shape index (κ3) is 6.32. The molecule has 2 N–H and O–H groups in total. The van der Waals surface area contributed by atoms with Crippen LogP contribution in [0.15, 0.2) is 0 Å². The molecule has 0 aromatic heterocycles. The Labute approximate surface area is 88.0 Å². The topological polar surface area (TPSA) is 41.7 Å². The summed E-state index contributed by atoms with van der Waals surface area (Å²) in [5, 5.41) is 0. The summed E-state index contributed by atoms with van der Waals surface area (Å²) >= 11 is 0. The number of nitrogens with two attached hydrogens (primary N) is 1. The normalized spacial score (nSPS) is 18.9. The van der Waals surface area contributed by atoms with Crippen molar-refractivity contribution >= 4 is 0 Å². The highest BCUT2D eigenvalue weighted by Gasteiger charge is 2.12. The molecule has 0 aliphatic carbocycles. The first-order valence-electron chi connectivity index (χ1n) is 5.51. The first-order valence-corrected chi connectivity index (χ1v) is 5.51. The molecule has 1 fully saturated rings. The van der Waals surface area contributed by atoms with Gasteiger partial charge in [-0.25, -0.2) is 0 Å². The minimum atomic E-state index is 0.341. The van der Waals surface area contributed by atoms with Crippen LogP contribution < -0.4 is 5.73 Å². The van der Waals surface area contributed by atoms with Gasteiger partial charge in [-0.1, -0.05) is 13.8 Å². The van der Waals surface area contributed by atoms with E-state index in [1.165, 1.54) is 13.1 Å². The van der Waals surface area contributed by atoms with Crippen molar-refractivity contribution in [2.75, 3.05) is 53.1 Å². The Kier molecular flexibility index (Phi) is 9.29. The maximum atomic E-state index is 5.22. The smallest absolute Gasteiger partial charge is 0.0940 e. The van der Waals surface area contributed by atoms with Gasteiger partial charge in [-0.3, -0.25) is 4.90 Å². The number of likely N-dealkylation sites (N-methyl/N-ethyl adjacent to an activating group) is 1. The van der Waals surface area contributed by atoms with Gasteiger partial charge in [0, 0.05) is 32.7 Å². The summed E-state index contributed by atoms with van der Waals surface area (Å²) < 4.78 is 5.09. The number of nitrogens with zero attached hydrogens (tertiary/aromatic N) is 2. The van der Waals surface area contributed by atoms with Crippen LogP contribution >= 0.6 is 0 Å². The molecule has 0 spiro atoms. The average Bonchev–Trinajstić information content (AvgIpc) is 2.24. The van der Waals surface area contributed by atoms with Gasteiger partial charge in [0.2, 0.25) is 0 Å². The number of hydrogen-bond acceptors (Lipinski definition) is 4. The molecule has 0 amide bonds. The average molecular weight is 203 g/mol. The van der Waals surface area contributed by atoms with Crippen molar-refractivity contribution < 1.29 is 4.74 Å². The number of rotatable bonds is 4. The summed E-state index contributed by atoms with van der Waals surface area (Å²) in [6.07, 6.45) is 0. The van der Waals surface area contributed by atoms with Crippen LogP contribution in [0.5, 0.6) is 0 Å². The fourth-order valence-corrected chi connectivity index (χ4v) is 1.35. The van der Waals surface area contributed by atoms with Crippen molar-refractivity contribution in [2.24, 2.45) is 5.73 Å². The van der Waals surface area contributed by atoms with E-state index in [4.69, 9.17) is 10.5 Å². The number of ether oxygens (including phenoxy) is 1. The van der Waals surface area contributed by atoms with E-state index in [9.17, 15) is 0 Å². The van der Waals surface area contributed by atoms with E-state index in [2.05, 4.69) is 16.8 Å². The molecule has 0 unspecified atom stereocenters. The second-order valence-electron chi connectivity index (χ2n) is 3.22. The molecule has 4 nitrogen and oxygen atoms in total. The molecule has 1 heterocycles. The van der Waals surface area contributed by atoms with Crippen molar-refractivity contribution in [1.82, 2.24) is 9.80 Å². The summed E-state index contributed by atoms with van der Waals surface area (Å²) in [5.74, 6) is 0. The van der Waals surface area contributed by atoms with Crippen molar-refractivity contribution in [2.45, 2.75) is 13.8 Å². The predicted molar refractivity (Wildman–Crippen MR) is 60.3 cm³/mol. The van der Waals surface area contributed by atoms with Crippen LogP contribution in [0, 0.1) is 0 Å². The molecule has 0 bridgehead atoms. The second kappa shape index (κ2) is 9.40. The predicted octanol–water partition coefficient (Wildman–Crippen LogP) is 0.193. The van der Waals surface area contributed by atoms with Gasteiger partial charge in [-0.2, -0.15) is 0 Å². The monoisotopic (exact) mass is 203 g/mol. The van der Waals surface area contributed by atoms with Gasteiger partial charge < -0.3 is 15.4 Å². The fourth-order valence-electron chi connectivity index (χ4n) is 1.35. The zero-order chi connectivity index (χ0) is 10.8. The highest BCUT2D eigenvalue weighted by atomic mass is 16.5. The molecule has 0 aromatic rings. The third-order valence-corrected chi connectivity index (χ3v) is 2.27. The van der Waals surface area contributed by atoms with Gasteiger partial charge in [0.1, 0.15) is 0 Å². The standard InChI is InChI=1S/C8H19N3O.C2H6/c1-10-2-4-11(5-3-10)6-7-12-8-9;1-2/h2-9H2,1H3;1-2H3. The lowest BCUT2D eigenvalue weighted by Crippen LogP contribution is -2.45. The van der Waals surface area contributed by atoms with Crippen LogP contribution in [0.4, 0.5) is 0 Å². The van der Waals surface area contributed by atoms with Crippen molar-refractivity contribution in [3.8, 4) is 0 Å². The summed E-state index contributed by atoms with van der Waals surface area (Å²) in [6, 6.07) is 0. The van der Waals surface area contributed by atoms with Gasteiger partial charge in [0.25, 0.3) is 0 Å². The summed E-state index contributed by atoms with van der Waals surface area (Å²) in [7, 11) is 2.16. The van der Waals surface area contributed by atoms with Gasteiger partial charge in [0.15, 0.2) is 0 Å². The van der Waals surface area contributed by atoms with E-state index in [1.54, 1.807) is 0 Å². The molecule has 0 radical (unpaired) electrons. The van der Waals surface area contributed by atoms with E-state index >= 15 is 0 Å². The van der Waals surface area contributed by atoms with Gasteiger partial charge in [-0.15, -0.1) is 0 Å². The number of piperazine rings is 1. The van der Waals surface area contributed by atoms with Crippen LogP contribution in [-0.2, 0) is 4.74 Å². The zero-order valence-corrected chi connectivity index (χ0v) is 9.83. The molecular weight excluding hydrogens is 178 g/mol. The molecular formula is C10H25N3O. The summed E-state index contributed by atoms with van der Waals surface area (Å²) in [4.78, 5) is 4.76. The summed E-state index contributed by atoms with van der Waals surface area (Å²) in [5.41, 5.74) is 5.22. The zero-order valence-electron chi connectivity index (χ0n) is 9.83. The molecule has 0 aromatic carbocycles. The number of hydrogen-bond donors (Lipinski definition) is 1. The first kappa shape index (κ1) is 13.8. The van der Waals surface area contributed by atoms with Gasteiger partial charge in [0.05, 0.1) is 13.3 Å². The molecule has 1 rings (SSSR count). The Morgan fingerprint density at radius 1 is 1.14 bits per heavy atom. The molecule has 0 saturated carbocycles. The van der Waals surface area contributed by atoms with Crippen LogP contribution in [0.3, 0.4) is 0 Å². The van der Waals surface area contributed by atoms with Crippen molar-refractivity contribution in [3.05, 3.63) is 0 Å². The third-order valence-electron chi connectivity index (χ3n) is 2.27. The highest BCUT2D eigenvalue weighted by Crippen LogP contribution is 1.97. The lowest BCUT2D eigenvalue weighted by Gasteiger charge is -2.32. The van der Waals surface area contributed by atoms with Gasteiger partial charge in [-0.05, 0) is 7.05 Å². The van der Waals surface area contributed by atoms with E-state index in [1.807, 2.05) is 13.8 Å². The Morgan fingerprint density at radius 2 is 1.71 bits per heavy atom. The second-order valence-corrected chi connectivity index (χ2v) is 3.22. The van der Waals surface area contributed by atoms with Crippen LogP contribution in [0.25, 0.3) is 0 Å². The molecule has 4 heteroatoms. The molecule has 86 valence electrons. The SMILES string of the molecule is CC.CN1CCN(CCOCN)CC1. The Bertz CT molecular complexity index is 114. The van der Waals surface area contributed by atoms with Crippen molar-refractivity contribution in [3.63, 3.8) is 0 Å². The highest BCUT2D eigenvalue weighted by molar-refractivity contribution is 4.68. The van der Waals surface area contributed by atoms with Crippen LogP contribution in [0.1, 0.15) is 13.8 Å². The van der Waals surface area contributed by atoms with Gasteiger partial charge >= 0.3 is 0 Å². The first-order chi connectivity index (χ1) is 6.83. The Balaban J connectivity index is 0.000000791. The van der Waals surface area contributed by atoms with E-state index < -0.39 is 0 Å². The van der Waals surface area contributed by atoms with E-state index in [-0.39, 0.29) is 0 Å². The molecule has 1 aliphatic rings. The van der Waals surface area contributed by atoms with E-state index in [0.29, 0.717) is 6.73 Å². The lowest BCUT2D eigenvalue weighted by molar-refractivity contribution is 0.0851. The lowest BCUT2D eigenvalue weighted by atomic mass is 10.3. The quantitative estimate of drug-likeness (QED) is 0.523. The Morgan fingerprint density at radius 3 is 2.21 bits per heavy atom. The minimum Gasteiger partial charge on any atom is -0.365 e.